The molecule has 1 aromatic rings. The third-order valence-electron chi connectivity index (χ3n) is 6.03. The van der Waals surface area contributed by atoms with Crippen molar-refractivity contribution in [1.82, 2.24) is 15.1 Å². The second-order valence-electron chi connectivity index (χ2n) is 8.76. The zero-order valence-electron chi connectivity index (χ0n) is 18.9. The van der Waals surface area contributed by atoms with Crippen LogP contribution in [0.4, 0.5) is 4.39 Å². The molecule has 2 saturated heterocycles. The molecule has 8 heteroatoms. The molecule has 31 heavy (non-hydrogen) atoms. The highest BCUT2D eigenvalue weighted by Crippen LogP contribution is 2.25. The first-order chi connectivity index (χ1) is 14.4. The van der Waals surface area contributed by atoms with Crippen LogP contribution >= 0.6 is 24.0 Å². The molecule has 0 aliphatic carbocycles. The Bertz CT molecular complexity index is 745. The summed E-state index contributed by atoms with van der Waals surface area (Å²) < 4.78 is 19.0. The molecule has 3 rings (SSSR count). The van der Waals surface area contributed by atoms with Crippen molar-refractivity contribution in [3.63, 3.8) is 0 Å². The van der Waals surface area contributed by atoms with Gasteiger partial charge in [0.1, 0.15) is 5.82 Å². The lowest BCUT2D eigenvalue weighted by Crippen LogP contribution is -2.50. The molecule has 0 atom stereocenters. The van der Waals surface area contributed by atoms with Crippen LogP contribution in [-0.2, 0) is 14.9 Å². The molecule has 2 aliphatic heterocycles. The van der Waals surface area contributed by atoms with E-state index in [1.165, 1.54) is 6.07 Å². The predicted molar refractivity (Wildman–Crippen MR) is 133 cm³/mol. The molecule has 174 valence electrons. The third-order valence-corrected chi connectivity index (χ3v) is 6.03. The summed E-state index contributed by atoms with van der Waals surface area (Å²) in [5.74, 6) is 1.01. The first-order valence-corrected chi connectivity index (χ1v) is 11.1. The number of benzene rings is 1. The first-order valence-electron chi connectivity index (χ1n) is 11.1. The Kier molecular flexibility index (Phi) is 9.99. The molecule has 1 N–H and O–H groups in total. The minimum absolute atomic E-state index is 0. The minimum atomic E-state index is -0.270. The van der Waals surface area contributed by atoms with Crippen LogP contribution in [0, 0.1) is 11.7 Å². The van der Waals surface area contributed by atoms with E-state index in [1.54, 1.807) is 12.1 Å². The van der Waals surface area contributed by atoms with Gasteiger partial charge < -0.3 is 19.9 Å². The molecular weight excluding hydrogens is 510 g/mol. The number of likely N-dealkylation sites (tertiary alicyclic amines) is 1. The van der Waals surface area contributed by atoms with Crippen LogP contribution in [0.1, 0.15) is 39.2 Å². The summed E-state index contributed by atoms with van der Waals surface area (Å²) in [6.45, 7) is 11.9. The van der Waals surface area contributed by atoms with Gasteiger partial charge in [-0.2, -0.15) is 0 Å². The van der Waals surface area contributed by atoms with Gasteiger partial charge in [0.2, 0.25) is 5.91 Å². The summed E-state index contributed by atoms with van der Waals surface area (Å²) in [4.78, 5) is 21.8. The van der Waals surface area contributed by atoms with Crippen molar-refractivity contribution in [2.24, 2.45) is 10.9 Å². The fraction of sp³-hybridized carbons (Fsp3) is 0.652. The standard InChI is InChI=1S/C23H35FN4O2.HI/c1-4-25-22(26-17-23(2,3)19-6-5-7-20(24)16-19)28-10-8-18(9-11-28)21(29)27-12-14-30-15-13-27;/h5-7,16,18H,4,8-15,17H2,1-3H3,(H,25,26);1H. The number of morpholine rings is 1. The quantitative estimate of drug-likeness (QED) is 0.350. The number of carbonyl (C=O) groups excluding carboxylic acids is 1. The Hall–Kier alpha value is -1.42. The summed E-state index contributed by atoms with van der Waals surface area (Å²) in [5, 5.41) is 3.39. The fourth-order valence-electron chi connectivity index (χ4n) is 4.08. The average molecular weight is 546 g/mol. The van der Waals surface area contributed by atoms with Crippen LogP contribution in [0.25, 0.3) is 0 Å². The molecule has 6 nitrogen and oxygen atoms in total. The number of hydrogen-bond donors (Lipinski definition) is 1. The Morgan fingerprint density at radius 3 is 2.48 bits per heavy atom. The van der Waals surface area contributed by atoms with Gasteiger partial charge in [-0.3, -0.25) is 9.79 Å². The molecule has 1 aromatic carbocycles. The van der Waals surface area contributed by atoms with E-state index >= 15 is 0 Å². The SMILES string of the molecule is CCNC(=NCC(C)(C)c1cccc(F)c1)N1CCC(C(=O)N2CCOCC2)CC1.I. The van der Waals surface area contributed by atoms with Crippen molar-refractivity contribution >= 4 is 35.8 Å². The van der Waals surface area contributed by atoms with E-state index in [2.05, 4.69) is 31.0 Å². The van der Waals surface area contributed by atoms with Crippen molar-refractivity contribution in [2.75, 3.05) is 52.5 Å². The van der Waals surface area contributed by atoms with Crippen molar-refractivity contribution < 1.29 is 13.9 Å². The summed E-state index contributed by atoms with van der Waals surface area (Å²) in [7, 11) is 0. The lowest BCUT2D eigenvalue weighted by molar-refractivity contribution is -0.140. The Balaban J connectivity index is 0.00000341. The summed E-state index contributed by atoms with van der Waals surface area (Å²) >= 11 is 0. The van der Waals surface area contributed by atoms with Crippen molar-refractivity contribution in [1.29, 1.82) is 0 Å². The summed E-state index contributed by atoms with van der Waals surface area (Å²) in [6.07, 6.45) is 1.68. The van der Waals surface area contributed by atoms with Crippen LogP contribution < -0.4 is 5.32 Å². The monoisotopic (exact) mass is 546 g/mol. The number of amides is 1. The van der Waals surface area contributed by atoms with E-state index in [4.69, 9.17) is 9.73 Å². The zero-order valence-corrected chi connectivity index (χ0v) is 21.2. The average Bonchev–Trinajstić information content (AvgIpc) is 2.77. The maximum atomic E-state index is 13.7. The van der Waals surface area contributed by atoms with Gasteiger partial charge in [0.05, 0.1) is 19.8 Å². The number of rotatable bonds is 5. The highest BCUT2D eigenvalue weighted by atomic mass is 127. The largest absolute Gasteiger partial charge is 0.378 e. The zero-order chi connectivity index (χ0) is 21.6. The number of nitrogens with zero attached hydrogens (tertiary/aromatic N) is 3. The third kappa shape index (κ3) is 7.03. The van der Waals surface area contributed by atoms with Crippen LogP contribution in [0.2, 0.25) is 0 Å². The highest BCUT2D eigenvalue weighted by molar-refractivity contribution is 14.0. The maximum Gasteiger partial charge on any atom is 0.225 e. The minimum Gasteiger partial charge on any atom is -0.378 e. The first kappa shape index (κ1) is 25.8. The smallest absolute Gasteiger partial charge is 0.225 e. The molecule has 2 aliphatic rings. The number of carbonyl (C=O) groups is 1. The molecule has 0 spiro atoms. The number of ether oxygens (including phenoxy) is 1. The number of halogens is 2. The van der Waals surface area contributed by atoms with Gasteiger partial charge in [-0.1, -0.05) is 26.0 Å². The van der Waals surface area contributed by atoms with Gasteiger partial charge in [-0.25, -0.2) is 4.39 Å². The van der Waals surface area contributed by atoms with E-state index in [9.17, 15) is 9.18 Å². The van der Waals surface area contributed by atoms with E-state index in [0.717, 1.165) is 44.0 Å². The molecule has 0 saturated carbocycles. The van der Waals surface area contributed by atoms with E-state index < -0.39 is 0 Å². The normalized spacial score (nSPS) is 18.5. The molecule has 2 heterocycles. The Morgan fingerprint density at radius 1 is 1.19 bits per heavy atom. The molecule has 0 bridgehead atoms. The van der Waals surface area contributed by atoms with Crippen molar-refractivity contribution in [3.05, 3.63) is 35.6 Å². The lowest BCUT2D eigenvalue weighted by Gasteiger charge is -2.37. The second-order valence-corrected chi connectivity index (χ2v) is 8.76. The van der Waals surface area contributed by atoms with Gasteiger partial charge in [0, 0.05) is 44.1 Å². The molecule has 1 amide bonds. The highest BCUT2D eigenvalue weighted by Gasteiger charge is 2.30. The van der Waals surface area contributed by atoms with Crippen LogP contribution in [0.15, 0.2) is 29.3 Å². The van der Waals surface area contributed by atoms with Crippen molar-refractivity contribution in [2.45, 2.75) is 39.0 Å². The number of aliphatic imine (C=N–C) groups is 1. The molecule has 0 unspecified atom stereocenters. The molecular formula is C23H36FIN4O2. The van der Waals surface area contributed by atoms with Gasteiger partial charge in [0.25, 0.3) is 0 Å². The van der Waals surface area contributed by atoms with Gasteiger partial charge in [-0.05, 0) is 37.5 Å². The van der Waals surface area contributed by atoms with E-state index in [-0.39, 0.29) is 47.0 Å². The molecule has 0 radical (unpaired) electrons. The number of hydrogen-bond acceptors (Lipinski definition) is 3. The van der Waals surface area contributed by atoms with Crippen LogP contribution in [-0.4, -0.2) is 74.1 Å². The van der Waals surface area contributed by atoms with Gasteiger partial charge in [0.15, 0.2) is 5.96 Å². The Labute approximate surface area is 202 Å². The maximum absolute atomic E-state index is 13.7. The lowest BCUT2D eigenvalue weighted by atomic mass is 9.85. The van der Waals surface area contributed by atoms with E-state index in [0.29, 0.717) is 32.8 Å². The second kappa shape index (κ2) is 12.0. The Morgan fingerprint density at radius 2 is 1.87 bits per heavy atom. The number of piperidine rings is 1. The molecule has 0 aromatic heterocycles. The summed E-state index contributed by atoms with van der Waals surface area (Å²) in [5.41, 5.74) is 0.671. The predicted octanol–water partition coefficient (Wildman–Crippen LogP) is 3.26. The van der Waals surface area contributed by atoms with Crippen LogP contribution in [0.5, 0.6) is 0 Å². The van der Waals surface area contributed by atoms with Crippen molar-refractivity contribution in [3.8, 4) is 0 Å². The van der Waals surface area contributed by atoms with Gasteiger partial charge >= 0.3 is 0 Å². The summed E-state index contributed by atoms with van der Waals surface area (Å²) in [6, 6.07) is 6.76. The fourth-order valence-corrected chi connectivity index (χ4v) is 4.08. The van der Waals surface area contributed by atoms with Crippen LogP contribution in [0.3, 0.4) is 0 Å². The number of guanidine groups is 1. The van der Waals surface area contributed by atoms with E-state index in [1.807, 2.05) is 11.0 Å². The topological polar surface area (TPSA) is 57.2 Å². The molecule has 2 fully saturated rings. The number of nitrogens with one attached hydrogen (secondary N) is 1. The van der Waals surface area contributed by atoms with Gasteiger partial charge in [-0.15, -0.1) is 24.0 Å².